The highest BCUT2D eigenvalue weighted by Gasteiger charge is 2.34. The van der Waals surface area contributed by atoms with E-state index in [2.05, 4.69) is 5.32 Å². The van der Waals surface area contributed by atoms with E-state index in [0.29, 0.717) is 27.8 Å². The van der Waals surface area contributed by atoms with Crippen LogP contribution in [0.15, 0.2) is 42.0 Å². The fraction of sp³-hybridized carbons (Fsp3) is 0.261. The number of hydrogen-bond acceptors (Lipinski definition) is 5. The molecule has 1 aliphatic rings. The van der Waals surface area contributed by atoms with E-state index in [9.17, 15) is 9.59 Å². The molecule has 0 unspecified atom stereocenters. The molecule has 6 nitrogen and oxygen atoms in total. The van der Waals surface area contributed by atoms with Crippen LogP contribution in [0.4, 0.5) is 5.69 Å². The first kappa shape index (κ1) is 22.8. The summed E-state index contributed by atoms with van der Waals surface area (Å²) in [6, 6.07) is 10.6. The highest BCUT2D eigenvalue weighted by Crippen LogP contribution is 2.38. The van der Waals surface area contributed by atoms with Crippen molar-refractivity contribution in [3.63, 3.8) is 0 Å². The maximum absolute atomic E-state index is 13.1. The second-order valence-electron chi connectivity index (χ2n) is 7.16. The van der Waals surface area contributed by atoms with E-state index in [4.69, 9.17) is 33.3 Å². The van der Waals surface area contributed by atoms with Crippen LogP contribution in [0.5, 0.6) is 11.5 Å². The maximum Gasteiger partial charge on any atom is 0.270 e. The molecule has 1 saturated heterocycles. The second-order valence-corrected chi connectivity index (χ2v) is 7.96. The number of methoxy groups -OCH3 is 1. The first-order valence-corrected chi connectivity index (χ1v) is 10.6. The molecule has 1 atom stereocenters. The molecule has 1 aliphatic heterocycles. The van der Waals surface area contributed by atoms with Crippen molar-refractivity contribution in [2.45, 2.75) is 33.3 Å². The number of halogens is 1. The average molecular weight is 459 g/mol. The van der Waals surface area contributed by atoms with Crippen molar-refractivity contribution < 1.29 is 19.1 Å². The summed E-state index contributed by atoms with van der Waals surface area (Å²) in [7, 11) is 1.50. The zero-order valence-electron chi connectivity index (χ0n) is 17.7. The van der Waals surface area contributed by atoms with E-state index >= 15 is 0 Å². The van der Waals surface area contributed by atoms with Gasteiger partial charge in [-0.2, -0.15) is 0 Å². The van der Waals surface area contributed by atoms with Gasteiger partial charge in [-0.05, 0) is 68.4 Å². The lowest BCUT2D eigenvalue weighted by Gasteiger charge is -2.29. The zero-order valence-corrected chi connectivity index (χ0v) is 19.3. The van der Waals surface area contributed by atoms with E-state index in [-0.39, 0.29) is 16.8 Å². The van der Waals surface area contributed by atoms with E-state index in [1.54, 1.807) is 24.3 Å². The Morgan fingerprint density at radius 1 is 1.23 bits per heavy atom. The van der Waals surface area contributed by atoms with Crippen molar-refractivity contribution in [3.8, 4) is 11.5 Å². The Hall–Kier alpha value is -2.90. The number of benzene rings is 2. The van der Waals surface area contributed by atoms with Gasteiger partial charge < -0.3 is 9.47 Å². The summed E-state index contributed by atoms with van der Waals surface area (Å²) in [6.45, 7) is 5.87. The minimum absolute atomic E-state index is 0.0314. The van der Waals surface area contributed by atoms with E-state index in [0.717, 1.165) is 12.0 Å². The molecule has 0 saturated carbocycles. The molecule has 3 rings (SSSR count). The molecule has 2 aromatic carbocycles. The van der Waals surface area contributed by atoms with Crippen molar-refractivity contribution in [2.24, 2.45) is 0 Å². The van der Waals surface area contributed by atoms with Crippen LogP contribution in [-0.2, 0) is 9.59 Å². The normalized spacial score (nSPS) is 16.4. The minimum Gasteiger partial charge on any atom is -0.493 e. The Bertz CT molecular complexity index is 1070. The third-order valence-electron chi connectivity index (χ3n) is 4.85. The molecular weight excluding hydrogens is 436 g/mol. The molecule has 0 bridgehead atoms. The van der Waals surface area contributed by atoms with Crippen molar-refractivity contribution >= 4 is 52.5 Å². The number of anilines is 1. The van der Waals surface area contributed by atoms with Gasteiger partial charge in [0, 0.05) is 0 Å². The van der Waals surface area contributed by atoms with Gasteiger partial charge >= 0.3 is 0 Å². The maximum atomic E-state index is 13.1. The number of hydrogen-bond donors (Lipinski definition) is 1. The van der Waals surface area contributed by atoms with Crippen LogP contribution in [0.1, 0.15) is 31.4 Å². The Morgan fingerprint density at radius 3 is 2.52 bits per heavy atom. The third-order valence-corrected chi connectivity index (χ3v) is 5.42. The summed E-state index contributed by atoms with van der Waals surface area (Å²) in [5.74, 6) is -0.266. The van der Waals surface area contributed by atoms with Gasteiger partial charge in [0.2, 0.25) is 0 Å². The molecule has 2 amide bonds. The predicted molar refractivity (Wildman–Crippen MR) is 126 cm³/mol. The number of carbonyl (C=O) groups excluding carboxylic acids is 2. The Labute approximate surface area is 191 Å². The highest BCUT2D eigenvalue weighted by molar-refractivity contribution is 7.80. The Kier molecular flexibility index (Phi) is 6.97. The molecule has 0 spiro atoms. The summed E-state index contributed by atoms with van der Waals surface area (Å²) < 4.78 is 11.3. The molecule has 31 heavy (non-hydrogen) atoms. The van der Waals surface area contributed by atoms with Gasteiger partial charge in [0.05, 0.1) is 23.9 Å². The molecule has 2 aromatic rings. The number of nitrogens with one attached hydrogen (secondary N) is 1. The van der Waals surface area contributed by atoms with Crippen LogP contribution in [0, 0.1) is 6.92 Å². The zero-order chi connectivity index (χ0) is 22.7. The lowest BCUT2D eigenvalue weighted by atomic mass is 10.1. The topological polar surface area (TPSA) is 67.9 Å². The number of rotatable bonds is 6. The quantitative estimate of drug-likeness (QED) is 0.387. The average Bonchev–Trinajstić information content (AvgIpc) is 2.73. The fourth-order valence-electron chi connectivity index (χ4n) is 2.97. The van der Waals surface area contributed by atoms with Crippen LogP contribution in [0.2, 0.25) is 5.02 Å². The number of thiocarbonyl (C=S) groups is 1. The third kappa shape index (κ3) is 4.89. The first-order valence-electron chi connectivity index (χ1n) is 9.77. The molecule has 1 fully saturated rings. The predicted octanol–water partition coefficient (Wildman–Crippen LogP) is 4.67. The lowest BCUT2D eigenvalue weighted by molar-refractivity contribution is -0.122. The van der Waals surface area contributed by atoms with Gasteiger partial charge in [0.15, 0.2) is 16.6 Å². The number of amides is 2. The number of ether oxygens (including phenoxy) is 2. The van der Waals surface area contributed by atoms with E-state index in [1.807, 2.05) is 32.9 Å². The summed E-state index contributed by atoms with van der Waals surface area (Å²) in [6.07, 6.45) is 2.21. The number of aryl methyl sites for hydroxylation is 1. The minimum atomic E-state index is -0.576. The summed E-state index contributed by atoms with van der Waals surface area (Å²) in [4.78, 5) is 27.0. The van der Waals surface area contributed by atoms with Crippen LogP contribution in [0.3, 0.4) is 0 Å². The first-order chi connectivity index (χ1) is 14.7. The standard InChI is InChI=1S/C23H23ClN2O4S/c1-5-14(3)30-20-18(24)11-15(12-19(20)29-4)10-17-21(27)25-23(31)26(22(17)28)16-8-6-13(2)7-9-16/h6-12,14H,5H2,1-4H3,(H,25,27,31)/b17-10+/t14-/m1/s1. The largest absolute Gasteiger partial charge is 0.493 e. The molecule has 1 N–H and O–H groups in total. The Balaban J connectivity index is 2.00. The summed E-state index contributed by atoms with van der Waals surface area (Å²) in [5, 5.41) is 2.92. The fourth-order valence-corrected chi connectivity index (χ4v) is 3.52. The molecule has 162 valence electrons. The van der Waals surface area contributed by atoms with Crippen molar-refractivity contribution in [2.75, 3.05) is 12.0 Å². The number of nitrogens with zero attached hydrogens (tertiary/aromatic N) is 1. The molecule has 8 heteroatoms. The molecule has 0 aliphatic carbocycles. The molecular formula is C23H23ClN2O4S. The van der Waals surface area contributed by atoms with Gasteiger partial charge in [-0.25, -0.2) is 0 Å². The number of carbonyl (C=O) groups is 2. The monoisotopic (exact) mass is 458 g/mol. The van der Waals surface area contributed by atoms with Crippen LogP contribution >= 0.6 is 23.8 Å². The van der Waals surface area contributed by atoms with Crippen LogP contribution < -0.4 is 19.7 Å². The smallest absolute Gasteiger partial charge is 0.270 e. The van der Waals surface area contributed by atoms with E-state index in [1.165, 1.54) is 18.1 Å². The van der Waals surface area contributed by atoms with Gasteiger partial charge in [-0.3, -0.25) is 19.8 Å². The van der Waals surface area contributed by atoms with Gasteiger partial charge in [0.1, 0.15) is 5.57 Å². The van der Waals surface area contributed by atoms with Gasteiger partial charge in [-0.15, -0.1) is 0 Å². The van der Waals surface area contributed by atoms with Crippen LogP contribution in [-0.4, -0.2) is 30.1 Å². The molecule has 0 radical (unpaired) electrons. The second kappa shape index (κ2) is 9.49. The lowest BCUT2D eigenvalue weighted by Crippen LogP contribution is -2.54. The molecule has 0 aromatic heterocycles. The van der Waals surface area contributed by atoms with Crippen molar-refractivity contribution in [3.05, 3.63) is 58.1 Å². The van der Waals surface area contributed by atoms with Gasteiger partial charge in [0.25, 0.3) is 11.8 Å². The van der Waals surface area contributed by atoms with Gasteiger partial charge in [-0.1, -0.05) is 36.2 Å². The van der Waals surface area contributed by atoms with E-state index < -0.39 is 11.8 Å². The SMILES string of the molecule is CC[C@@H](C)Oc1c(Cl)cc(/C=C2\C(=O)NC(=S)N(c3ccc(C)cc3)C2=O)cc1OC. The van der Waals surface area contributed by atoms with Crippen molar-refractivity contribution in [1.29, 1.82) is 0 Å². The summed E-state index contributed by atoms with van der Waals surface area (Å²) >= 11 is 11.6. The molecule has 1 heterocycles. The van der Waals surface area contributed by atoms with Crippen molar-refractivity contribution in [1.82, 2.24) is 5.32 Å². The van der Waals surface area contributed by atoms with Crippen LogP contribution in [0.25, 0.3) is 6.08 Å². The summed E-state index contributed by atoms with van der Waals surface area (Å²) in [5.41, 5.74) is 2.07. The highest BCUT2D eigenvalue weighted by atomic mass is 35.5. The Morgan fingerprint density at radius 2 is 1.90 bits per heavy atom.